The maximum atomic E-state index is 11.8. The van der Waals surface area contributed by atoms with E-state index >= 15 is 0 Å². The number of carbonyl (C=O) groups excluding carboxylic acids is 5. The molecular formula is C19H25N3O11. The number of esters is 4. The number of Topliss-reactive ketones (excluding diaryl/α,β-unsaturated/α-hetero) is 1. The van der Waals surface area contributed by atoms with Gasteiger partial charge in [-0.25, -0.2) is 0 Å². The largest absolute Gasteiger partial charge is 0.468 e. The van der Waals surface area contributed by atoms with Crippen LogP contribution in [0.2, 0.25) is 0 Å². The summed E-state index contributed by atoms with van der Waals surface area (Å²) >= 11 is 0. The van der Waals surface area contributed by atoms with Crippen molar-refractivity contribution in [3.63, 3.8) is 0 Å². The number of carbonyl (C=O) groups is 5. The summed E-state index contributed by atoms with van der Waals surface area (Å²) in [6.07, 6.45) is -5.96. The quantitative estimate of drug-likeness (QED) is 0.0835. The minimum atomic E-state index is -1.49. The Morgan fingerprint density at radius 1 is 0.879 bits per heavy atom. The summed E-state index contributed by atoms with van der Waals surface area (Å²) < 4.78 is 31.8. The van der Waals surface area contributed by atoms with Crippen molar-refractivity contribution in [1.29, 1.82) is 0 Å². The summed E-state index contributed by atoms with van der Waals surface area (Å²) in [7, 11) is 0. The predicted octanol–water partition coefficient (Wildman–Crippen LogP) is 0.869. The first-order valence-electron chi connectivity index (χ1n) is 9.63. The SMILES string of the molecule is CC(=O)OCC1OC(O/C=C(\CN=[N+]=[N-])C(C)=O)C(OC(C)=O)C(OC(C)=O)C1OC(C)=O. The standard InChI is InChI=1S/C19H25N3O11/c1-9(23)14(6-21-22-20)7-29-19-18(32-13(5)27)17(31-12(4)26)16(30-11(3)25)15(33-19)8-28-10(2)24/h7,15-19H,6,8H2,1-5H3/b14-7+. The molecule has 0 N–H and O–H groups in total. The van der Waals surface area contributed by atoms with Crippen molar-refractivity contribution in [2.45, 2.75) is 65.3 Å². The number of azide groups is 1. The monoisotopic (exact) mass is 471 g/mol. The van der Waals surface area contributed by atoms with Crippen LogP contribution < -0.4 is 0 Å². The summed E-state index contributed by atoms with van der Waals surface area (Å²) in [5, 5.41) is 3.29. The molecule has 1 saturated heterocycles. The average Bonchev–Trinajstić information content (AvgIpc) is 2.69. The molecule has 5 atom stereocenters. The highest BCUT2D eigenvalue weighted by Gasteiger charge is 2.53. The Balaban J connectivity index is 3.42. The first-order valence-corrected chi connectivity index (χ1v) is 9.63. The van der Waals surface area contributed by atoms with Gasteiger partial charge in [0.1, 0.15) is 12.7 Å². The average molecular weight is 471 g/mol. The van der Waals surface area contributed by atoms with Crippen LogP contribution in [0.1, 0.15) is 34.6 Å². The summed E-state index contributed by atoms with van der Waals surface area (Å²) in [5.41, 5.74) is 8.44. The van der Waals surface area contributed by atoms with Crippen molar-refractivity contribution < 1.29 is 52.4 Å². The lowest BCUT2D eigenvalue weighted by atomic mass is 9.98. The zero-order valence-electron chi connectivity index (χ0n) is 18.7. The van der Waals surface area contributed by atoms with E-state index in [1.807, 2.05) is 0 Å². The minimum absolute atomic E-state index is 0.0411. The zero-order chi connectivity index (χ0) is 25.1. The molecule has 0 radical (unpaired) electrons. The van der Waals surface area contributed by atoms with Crippen LogP contribution in [0.5, 0.6) is 0 Å². The van der Waals surface area contributed by atoms with Gasteiger partial charge in [0.2, 0.25) is 12.4 Å². The molecule has 182 valence electrons. The van der Waals surface area contributed by atoms with Crippen molar-refractivity contribution >= 4 is 29.7 Å². The van der Waals surface area contributed by atoms with Crippen LogP contribution in [0, 0.1) is 0 Å². The highest BCUT2D eigenvalue weighted by molar-refractivity contribution is 5.93. The number of ether oxygens (including phenoxy) is 6. The first kappa shape index (κ1) is 27.4. The van der Waals surface area contributed by atoms with Crippen molar-refractivity contribution in [2.24, 2.45) is 5.11 Å². The smallest absolute Gasteiger partial charge is 0.303 e. The molecule has 1 rings (SSSR count). The number of ketones is 1. The van der Waals surface area contributed by atoms with E-state index in [-0.39, 0.29) is 12.1 Å². The molecule has 33 heavy (non-hydrogen) atoms. The molecular weight excluding hydrogens is 446 g/mol. The Labute approximate surface area is 188 Å². The number of hydrogen-bond donors (Lipinski definition) is 0. The van der Waals surface area contributed by atoms with Gasteiger partial charge in [-0.15, -0.1) is 0 Å². The van der Waals surface area contributed by atoms with E-state index in [0.29, 0.717) is 0 Å². The highest BCUT2D eigenvalue weighted by atomic mass is 16.7. The van der Waals surface area contributed by atoms with Crippen LogP contribution in [0.3, 0.4) is 0 Å². The molecule has 1 heterocycles. The molecule has 1 aliphatic heterocycles. The summed E-state index contributed by atoms with van der Waals surface area (Å²) in [4.78, 5) is 60.8. The Morgan fingerprint density at radius 3 is 1.91 bits per heavy atom. The van der Waals surface area contributed by atoms with E-state index < -0.39 is 67.0 Å². The van der Waals surface area contributed by atoms with Crippen LogP contribution in [-0.4, -0.2) is 73.5 Å². The molecule has 0 saturated carbocycles. The Bertz CT molecular complexity index is 850. The van der Waals surface area contributed by atoms with Crippen molar-refractivity contribution in [3.8, 4) is 0 Å². The van der Waals surface area contributed by atoms with Gasteiger partial charge in [0.15, 0.2) is 18.0 Å². The van der Waals surface area contributed by atoms with Crippen molar-refractivity contribution in [1.82, 2.24) is 0 Å². The fraction of sp³-hybridized carbons (Fsp3) is 0.632. The molecule has 14 nitrogen and oxygen atoms in total. The molecule has 1 aliphatic rings. The van der Waals surface area contributed by atoms with Gasteiger partial charge in [0, 0.05) is 38.2 Å². The molecule has 1 fully saturated rings. The number of rotatable bonds is 10. The van der Waals surface area contributed by atoms with Gasteiger partial charge in [-0.2, -0.15) is 0 Å². The van der Waals surface area contributed by atoms with Crippen LogP contribution in [0.4, 0.5) is 0 Å². The third-order valence-electron chi connectivity index (χ3n) is 4.05. The van der Waals surface area contributed by atoms with Gasteiger partial charge in [-0.05, 0) is 12.5 Å². The molecule has 5 unspecified atom stereocenters. The lowest BCUT2D eigenvalue weighted by Gasteiger charge is -2.43. The van der Waals surface area contributed by atoms with E-state index in [4.69, 9.17) is 34.0 Å². The highest BCUT2D eigenvalue weighted by Crippen LogP contribution is 2.30. The Kier molecular flexibility index (Phi) is 10.8. The van der Waals surface area contributed by atoms with Gasteiger partial charge >= 0.3 is 23.9 Å². The molecule has 0 aromatic carbocycles. The Morgan fingerprint density at radius 2 is 1.42 bits per heavy atom. The van der Waals surface area contributed by atoms with Crippen LogP contribution in [0.15, 0.2) is 16.9 Å². The minimum Gasteiger partial charge on any atom is -0.468 e. The van der Waals surface area contributed by atoms with E-state index in [9.17, 15) is 24.0 Å². The molecule has 0 spiro atoms. The second-order valence-electron chi connectivity index (χ2n) is 6.79. The third kappa shape index (κ3) is 9.17. The summed E-state index contributed by atoms with van der Waals surface area (Å²) in [6, 6.07) is 0. The second kappa shape index (κ2) is 13.0. The predicted molar refractivity (Wildman–Crippen MR) is 106 cm³/mol. The third-order valence-corrected chi connectivity index (χ3v) is 4.05. The lowest BCUT2D eigenvalue weighted by molar-refractivity contribution is -0.297. The summed E-state index contributed by atoms with van der Waals surface area (Å²) in [5.74, 6) is -3.53. The lowest BCUT2D eigenvalue weighted by Crippen LogP contribution is -2.62. The van der Waals surface area contributed by atoms with E-state index in [2.05, 4.69) is 10.0 Å². The van der Waals surface area contributed by atoms with Gasteiger partial charge in [0.25, 0.3) is 0 Å². The fourth-order valence-electron chi connectivity index (χ4n) is 2.79. The number of hydrogen-bond acceptors (Lipinski definition) is 12. The summed E-state index contributed by atoms with van der Waals surface area (Å²) in [6.45, 7) is 4.82. The molecule has 0 aromatic heterocycles. The fourth-order valence-corrected chi connectivity index (χ4v) is 2.79. The van der Waals surface area contributed by atoms with Crippen molar-refractivity contribution in [3.05, 3.63) is 22.3 Å². The van der Waals surface area contributed by atoms with Gasteiger partial charge < -0.3 is 28.4 Å². The molecule has 14 heteroatoms. The van der Waals surface area contributed by atoms with Gasteiger partial charge in [0.05, 0.1) is 12.8 Å². The molecule has 0 bridgehead atoms. The van der Waals surface area contributed by atoms with Crippen LogP contribution in [-0.2, 0) is 52.4 Å². The second-order valence-corrected chi connectivity index (χ2v) is 6.79. The Hall–Kier alpha value is -3.64. The molecule has 0 aliphatic carbocycles. The number of nitrogens with zero attached hydrogens (tertiary/aromatic N) is 3. The van der Waals surface area contributed by atoms with Crippen LogP contribution >= 0.6 is 0 Å². The van der Waals surface area contributed by atoms with Gasteiger partial charge in [-0.3, -0.25) is 24.0 Å². The van der Waals surface area contributed by atoms with Crippen molar-refractivity contribution in [2.75, 3.05) is 13.2 Å². The first-order chi connectivity index (χ1) is 15.5. The van der Waals surface area contributed by atoms with E-state index in [0.717, 1.165) is 34.0 Å². The van der Waals surface area contributed by atoms with Crippen LogP contribution in [0.25, 0.3) is 10.4 Å². The topological polar surface area (TPSA) is 189 Å². The molecule has 0 amide bonds. The molecule has 0 aromatic rings. The van der Waals surface area contributed by atoms with E-state index in [1.54, 1.807) is 0 Å². The normalized spacial score (nSPS) is 24.5. The maximum Gasteiger partial charge on any atom is 0.303 e. The zero-order valence-corrected chi connectivity index (χ0v) is 18.7. The van der Waals surface area contributed by atoms with E-state index in [1.165, 1.54) is 6.92 Å². The van der Waals surface area contributed by atoms with Gasteiger partial charge in [-0.1, -0.05) is 5.11 Å². The maximum absolute atomic E-state index is 11.8.